The zero-order valence-electron chi connectivity index (χ0n) is 16.9. The van der Waals surface area contributed by atoms with Gasteiger partial charge in [0.2, 0.25) is 0 Å². The molecule has 0 unspecified atom stereocenters. The van der Waals surface area contributed by atoms with Gasteiger partial charge in [-0.25, -0.2) is 5.14 Å². The lowest BCUT2D eigenvalue weighted by atomic mass is 10.0. The molecule has 0 aromatic heterocycles. The molecule has 158 valence electrons. The topological polar surface area (TPSA) is 100 Å². The van der Waals surface area contributed by atoms with Crippen molar-refractivity contribution in [2.75, 3.05) is 18.2 Å². The van der Waals surface area contributed by atoms with E-state index >= 15 is 0 Å². The molecule has 0 aliphatic rings. The van der Waals surface area contributed by atoms with Crippen LogP contribution in [0.2, 0.25) is 0 Å². The molecule has 0 aliphatic carbocycles. The Bertz CT molecular complexity index is 971. The Morgan fingerprint density at radius 2 is 1.63 bits per heavy atom. The van der Waals surface area contributed by atoms with Gasteiger partial charge in [-0.3, -0.25) is 9.11 Å². The van der Waals surface area contributed by atoms with Crippen molar-refractivity contribution in [2.24, 2.45) is 10.3 Å². The van der Waals surface area contributed by atoms with Gasteiger partial charge >= 0.3 is 0 Å². The molecule has 0 fully saturated rings. The van der Waals surface area contributed by atoms with Crippen LogP contribution >= 0.6 is 10.8 Å². The maximum Gasteiger partial charge on any atom is 0.117 e. The number of nitrogens with one attached hydrogen (secondary N) is 1. The molecule has 0 heterocycles. The van der Waals surface area contributed by atoms with E-state index in [0.29, 0.717) is 13.0 Å². The van der Waals surface area contributed by atoms with Crippen molar-refractivity contribution in [3.8, 4) is 0 Å². The van der Waals surface area contributed by atoms with Crippen LogP contribution in [0.5, 0.6) is 0 Å². The first-order valence-corrected chi connectivity index (χ1v) is 11.3. The van der Waals surface area contributed by atoms with Gasteiger partial charge in [0.05, 0.1) is 5.75 Å². The highest BCUT2D eigenvalue weighted by molar-refractivity contribution is 8.22. The predicted octanol–water partition coefficient (Wildman–Crippen LogP) is 4.86. The second kappa shape index (κ2) is 10.3. The van der Waals surface area contributed by atoms with E-state index in [1.54, 1.807) is 7.11 Å². The molecular formula is C23H27N3O3S. The summed E-state index contributed by atoms with van der Waals surface area (Å²) in [5.74, 6) is 0.166. The van der Waals surface area contributed by atoms with E-state index < -0.39 is 10.8 Å². The number of rotatable bonds is 9. The van der Waals surface area contributed by atoms with Crippen LogP contribution in [0, 0.1) is 0 Å². The zero-order chi connectivity index (χ0) is 21.4. The number of oxime groups is 1. The smallest absolute Gasteiger partial charge is 0.117 e. The lowest BCUT2D eigenvalue weighted by molar-refractivity contribution is 0.214. The fourth-order valence-electron chi connectivity index (χ4n) is 3.05. The number of hydrogen-bond acceptors (Lipinski definition) is 6. The monoisotopic (exact) mass is 425 g/mol. The SMILES string of the molecule is CON=C(c1ccccc1)c1cccc(CNc2ccc(CCS(N)(O)O)cc2)c1. The summed E-state index contributed by atoms with van der Waals surface area (Å²) in [6.45, 7) is 0.658. The van der Waals surface area contributed by atoms with Crippen LogP contribution in [0.15, 0.2) is 84.0 Å². The van der Waals surface area contributed by atoms with Gasteiger partial charge in [0, 0.05) is 23.4 Å². The van der Waals surface area contributed by atoms with Gasteiger partial charge in [-0.15, -0.1) is 10.8 Å². The number of anilines is 1. The lowest BCUT2D eigenvalue weighted by Gasteiger charge is -2.25. The first-order valence-electron chi connectivity index (χ1n) is 9.57. The quantitative estimate of drug-likeness (QED) is 0.290. The van der Waals surface area contributed by atoms with Gasteiger partial charge in [0.25, 0.3) is 0 Å². The van der Waals surface area contributed by atoms with Crippen LogP contribution in [0.1, 0.15) is 22.3 Å². The molecule has 0 aliphatic heterocycles. The Hall–Kier alpha value is -2.84. The molecule has 7 heteroatoms. The van der Waals surface area contributed by atoms with E-state index in [4.69, 9.17) is 9.98 Å². The molecule has 3 aromatic rings. The maximum absolute atomic E-state index is 9.30. The van der Waals surface area contributed by atoms with Crippen molar-refractivity contribution in [3.05, 3.63) is 101 Å². The van der Waals surface area contributed by atoms with E-state index in [2.05, 4.69) is 22.6 Å². The van der Waals surface area contributed by atoms with Gasteiger partial charge in [-0.05, 0) is 35.7 Å². The highest BCUT2D eigenvalue weighted by atomic mass is 32.3. The van der Waals surface area contributed by atoms with Gasteiger partial charge in [-0.2, -0.15) is 0 Å². The van der Waals surface area contributed by atoms with Crippen LogP contribution < -0.4 is 10.5 Å². The Labute approximate surface area is 178 Å². The normalized spacial score (nSPS) is 12.5. The second-order valence-electron chi connectivity index (χ2n) is 6.91. The molecule has 0 saturated heterocycles. The van der Waals surface area contributed by atoms with Crippen molar-refractivity contribution in [3.63, 3.8) is 0 Å². The molecule has 0 bridgehead atoms. The molecule has 0 atom stereocenters. The Morgan fingerprint density at radius 3 is 2.30 bits per heavy atom. The standard InChI is InChI=1S/C23H27N3O3S/c1-29-26-23(20-7-3-2-4-8-20)21-9-5-6-19(16-21)17-25-22-12-10-18(11-13-22)14-15-30(24,27)28/h2-13,16,25,27-28H,14-15,17,24H2,1H3. The van der Waals surface area contributed by atoms with E-state index in [1.807, 2.05) is 66.7 Å². The molecule has 3 rings (SSSR count). The summed E-state index contributed by atoms with van der Waals surface area (Å²) in [5, 5.41) is 12.9. The summed E-state index contributed by atoms with van der Waals surface area (Å²) in [6.07, 6.45) is 0.530. The van der Waals surface area contributed by atoms with E-state index in [-0.39, 0.29) is 5.75 Å². The van der Waals surface area contributed by atoms with Gasteiger partial charge in [0.15, 0.2) is 0 Å². The van der Waals surface area contributed by atoms with Crippen molar-refractivity contribution >= 4 is 22.2 Å². The molecule has 0 saturated carbocycles. The molecule has 0 spiro atoms. The zero-order valence-corrected chi connectivity index (χ0v) is 17.7. The number of benzene rings is 3. The van der Waals surface area contributed by atoms with Crippen molar-refractivity contribution in [1.29, 1.82) is 0 Å². The predicted molar refractivity (Wildman–Crippen MR) is 125 cm³/mol. The molecule has 6 nitrogen and oxygen atoms in total. The summed E-state index contributed by atoms with van der Waals surface area (Å²) >= 11 is 0. The Kier molecular flexibility index (Phi) is 7.48. The molecule has 0 radical (unpaired) electrons. The highest BCUT2D eigenvalue weighted by Gasteiger charge is 2.09. The van der Waals surface area contributed by atoms with E-state index in [1.165, 1.54) is 0 Å². The van der Waals surface area contributed by atoms with Crippen molar-refractivity contribution in [2.45, 2.75) is 13.0 Å². The summed E-state index contributed by atoms with van der Waals surface area (Å²) in [4.78, 5) is 5.07. The summed E-state index contributed by atoms with van der Waals surface area (Å²) in [5.41, 5.74) is 5.88. The minimum absolute atomic E-state index is 0.166. The first kappa shape index (κ1) is 21.9. The van der Waals surface area contributed by atoms with Crippen molar-refractivity contribution in [1.82, 2.24) is 0 Å². The van der Waals surface area contributed by atoms with Crippen LogP contribution in [-0.4, -0.2) is 27.7 Å². The first-order chi connectivity index (χ1) is 14.4. The van der Waals surface area contributed by atoms with E-state index in [9.17, 15) is 9.11 Å². The summed E-state index contributed by atoms with van der Waals surface area (Å²) in [7, 11) is -1.40. The second-order valence-corrected chi connectivity index (χ2v) is 8.75. The Balaban J connectivity index is 1.66. The molecule has 5 N–H and O–H groups in total. The largest absolute Gasteiger partial charge is 0.399 e. The maximum atomic E-state index is 9.30. The minimum atomic E-state index is -2.95. The minimum Gasteiger partial charge on any atom is -0.399 e. The number of aryl methyl sites for hydroxylation is 1. The number of nitrogens with two attached hydrogens (primary N) is 1. The fourth-order valence-corrected chi connectivity index (χ4v) is 3.59. The summed E-state index contributed by atoms with van der Waals surface area (Å²) in [6, 6.07) is 26.0. The molecule has 3 aromatic carbocycles. The number of hydrogen-bond donors (Lipinski definition) is 4. The third kappa shape index (κ3) is 6.60. The highest BCUT2D eigenvalue weighted by Crippen LogP contribution is 2.28. The van der Waals surface area contributed by atoms with Crippen molar-refractivity contribution < 1.29 is 13.9 Å². The van der Waals surface area contributed by atoms with Gasteiger partial charge in [-0.1, -0.05) is 65.8 Å². The Morgan fingerprint density at radius 1 is 0.933 bits per heavy atom. The fraction of sp³-hybridized carbons (Fsp3) is 0.174. The molecular weight excluding hydrogens is 398 g/mol. The number of nitrogens with zero attached hydrogens (tertiary/aromatic N) is 1. The molecule has 0 amide bonds. The third-order valence-electron chi connectivity index (χ3n) is 4.57. The van der Waals surface area contributed by atoms with Crippen LogP contribution in [0.25, 0.3) is 0 Å². The average Bonchev–Trinajstić information content (AvgIpc) is 2.75. The molecule has 30 heavy (non-hydrogen) atoms. The van der Waals surface area contributed by atoms with Crippen LogP contribution in [0.3, 0.4) is 0 Å². The summed E-state index contributed by atoms with van der Waals surface area (Å²) < 4.78 is 18.6. The average molecular weight is 426 g/mol. The van der Waals surface area contributed by atoms with Crippen LogP contribution in [-0.2, 0) is 17.8 Å². The van der Waals surface area contributed by atoms with Gasteiger partial charge < -0.3 is 10.2 Å². The van der Waals surface area contributed by atoms with E-state index in [0.717, 1.165) is 33.7 Å². The third-order valence-corrected chi connectivity index (χ3v) is 5.38. The van der Waals surface area contributed by atoms with Crippen LogP contribution in [0.4, 0.5) is 5.69 Å². The lowest BCUT2D eigenvalue weighted by Crippen LogP contribution is -2.14. The van der Waals surface area contributed by atoms with Gasteiger partial charge in [0.1, 0.15) is 12.8 Å².